The summed E-state index contributed by atoms with van der Waals surface area (Å²) in [5, 5.41) is 2.69. The number of alkyl halides is 3. The van der Waals surface area contributed by atoms with Gasteiger partial charge in [0, 0.05) is 11.8 Å². The van der Waals surface area contributed by atoms with Crippen molar-refractivity contribution in [1.82, 2.24) is 0 Å². The molecule has 0 fully saturated rings. The third kappa shape index (κ3) is 5.48. The summed E-state index contributed by atoms with van der Waals surface area (Å²) in [7, 11) is 0. The van der Waals surface area contributed by atoms with Crippen LogP contribution >= 0.6 is 0 Å². The van der Waals surface area contributed by atoms with Crippen molar-refractivity contribution < 1.29 is 18.0 Å². The summed E-state index contributed by atoms with van der Waals surface area (Å²) >= 11 is 0. The molecule has 2 rings (SSSR count). The van der Waals surface area contributed by atoms with Gasteiger partial charge in [-0.3, -0.25) is 4.79 Å². The molecule has 25 heavy (non-hydrogen) atoms. The molecule has 0 aliphatic rings. The van der Waals surface area contributed by atoms with E-state index < -0.39 is 17.6 Å². The minimum Gasteiger partial charge on any atom is -0.323 e. The number of amides is 1. The van der Waals surface area contributed by atoms with Crippen LogP contribution < -0.4 is 5.32 Å². The monoisotopic (exact) mass is 347 g/mol. The molecular weight excluding hydrogens is 327 g/mol. The lowest BCUT2D eigenvalue weighted by molar-refractivity contribution is -0.137. The van der Waals surface area contributed by atoms with E-state index in [1.807, 2.05) is 24.3 Å². The largest absolute Gasteiger partial charge is 0.416 e. The van der Waals surface area contributed by atoms with Crippen LogP contribution in [-0.4, -0.2) is 5.91 Å². The fraction of sp³-hybridized carbons (Fsp3) is 0.250. The first-order chi connectivity index (χ1) is 11.8. The van der Waals surface area contributed by atoms with E-state index in [2.05, 4.69) is 19.2 Å². The van der Waals surface area contributed by atoms with Crippen LogP contribution in [0.2, 0.25) is 0 Å². The topological polar surface area (TPSA) is 29.1 Å². The Kier molecular flexibility index (Phi) is 6.02. The van der Waals surface area contributed by atoms with Crippen molar-refractivity contribution >= 4 is 17.7 Å². The second kappa shape index (κ2) is 8.01. The van der Waals surface area contributed by atoms with Gasteiger partial charge in [-0.1, -0.05) is 38.1 Å². The van der Waals surface area contributed by atoms with E-state index in [0.717, 1.165) is 18.6 Å². The minimum atomic E-state index is -4.40. The van der Waals surface area contributed by atoms with Crippen LogP contribution in [0.4, 0.5) is 18.9 Å². The Morgan fingerprint density at radius 2 is 1.84 bits per heavy atom. The Morgan fingerprint density at radius 1 is 1.16 bits per heavy atom. The Hall–Kier alpha value is -2.56. The van der Waals surface area contributed by atoms with Gasteiger partial charge in [-0.05, 0) is 53.8 Å². The molecule has 0 radical (unpaired) electrons. The number of hydrogen-bond donors (Lipinski definition) is 1. The molecule has 2 nitrogen and oxygen atoms in total. The van der Waals surface area contributed by atoms with Gasteiger partial charge in [0.2, 0.25) is 5.91 Å². The average Bonchev–Trinajstić information content (AvgIpc) is 2.59. The maximum absolute atomic E-state index is 12.7. The van der Waals surface area contributed by atoms with E-state index in [1.54, 1.807) is 0 Å². The highest BCUT2D eigenvalue weighted by atomic mass is 19.4. The highest BCUT2D eigenvalue weighted by Crippen LogP contribution is 2.29. The van der Waals surface area contributed by atoms with Crippen molar-refractivity contribution in [1.29, 1.82) is 0 Å². The second-order valence-corrected chi connectivity index (χ2v) is 5.88. The van der Waals surface area contributed by atoms with Gasteiger partial charge >= 0.3 is 6.18 Å². The summed E-state index contributed by atoms with van der Waals surface area (Å²) in [6, 6.07) is 12.4. The third-order valence-electron chi connectivity index (χ3n) is 4.00. The number of anilines is 1. The third-order valence-corrected chi connectivity index (χ3v) is 4.00. The first-order valence-corrected chi connectivity index (χ1v) is 8.06. The molecule has 1 amide bonds. The van der Waals surface area contributed by atoms with Crippen molar-refractivity contribution in [3.8, 4) is 0 Å². The molecular formula is C20H20F3NO. The normalized spacial score (nSPS) is 13.0. The number of benzene rings is 2. The van der Waals surface area contributed by atoms with Crippen LogP contribution in [0.25, 0.3) is 6.08 Å². The maximum atomic E-state index is 12.7. The van der Waals surface area contributed by atoms with Gasteiger partial charge in [0.1, 0.15) is 0 Å². The van der Waals surface area contributed by atoms with Crippen molar-refractivity contribution in [3.63, 3.8) is 0 Å². The minimum absolute atomic E-state index is 0.317. The number of rotatable bonds is 5. The zero-order chi connectivity index (χ0) is 18.4. The van der Waals surface area contributed by atoms with Crippen LogP contribution in [0.15, 0.2) is 54.6 Å². The van der Waals surface area contributed by atoms with Gasteiger partial charge in [0.05, 0.1) is 5.56 Å². The van der Waals surface area contributed by atoms with Gasteiger partial charge in [0.15, 0.2) is 0 Å². The van der Waals surface area contributed by atoms with Crippen molar-refractivity contribution in [2.45, 2.75) is 32.4 Å². The predicted molar refractivity (Wildman–Crippen MR) is 94.3 cm³/mol. The van der Waals surface area contributed by atoms with E-state index in [4.69, 9.17) is 0 Å². The molecule has 1 atom stereocenters. The Labute approximate surface area is 145 Å². The van der Waals surface area contributed by atoms with E-state index in [0.29, 0.717) is 17.2 Å². The molecule has 0 bridgehead atoms. The summed E-state index contributed by atoms with van der Waals surface area (Å²) in [5.41, 5.74) is 1.42. The molecule has 1 N–H and O–H groups in total. The zero-order valence-corrected chi connectivity index (χ0v) is 14.1. The highest BCUT2D eigenvalue weighted by molar-refractivity contribution is 6.01. The van der Waals surface area contributed by atoms with Crippen molar-refractivity contribution in [3.05, 3.63) is 71.3 Å². The number of carbonyl (C=O) groups excluding carboxylic acids is 1. The van der Waals surface area contributed by atoms with E-state index >= 15 is 0 Å². The first-order valence-electron chi connectivity index (χ1n) is 8.06. The average molecular weight is 347 g/mol. The smallest absolute Gasteiger partial charge is 0.323 e. The second-order valence-electron chi connectivity index (χ2n) is 5.88. The standard InChI is InChI=1S/C20H20F3NO/c1-3-14(2)16-8-10-18(11-9-16)24-19(25)12-7-15-5-4-6-17(13-15)20(21,22)23/h4-14H,3H2,1-2H3,(H,24,25)/b12-7+/t14-/m1/s1. The Morgan fingerprint density at radius 3 is 2.44 bits per heavy atom. The van der Waals surface area contributed by atoms with Crippen LogP contribution in [0, 0.1) is 0 Å². The number of carbonyl (C=O) groups is 1. The van der Waals surface area contributed by atoms with Gasteiger partial charge in [-0.2, -0.15) is 13.2 Å². The highest BCUT2D eigenvalue weighted by Gasteiger charge is 2.30. The molecule has 132 valence electrons. The van der Waals surface area contributed by atoms with E-state index in [9.17, 15) is 18.0 Å². The number of hydrogen-bond acceptors (Lipinski definition) is 1. The van der Waals surface area contributed by atoms with Crippen molar-refractivity contribution in [2.24, 2.45) is 0 Å². The number of halogens is 3. The maximum Gasteiger partial charge on any atom is 0.416 e. The lowest BCUT2D eigenvalue weighted by Gasteiger charge is -2.10. The van der Waals surface area contributed by atoms with E-state index in [-0.39, 0.29) is 0 Å². The van der Waals surface area contributed by atoms with Crippen LogP contribution in [0.3, 0.4) is 0 Å². The quantitative estimate of drug-likeness (QED) is 0.673. The fourth-order valence-electron chi connectivity index (χ4n) is 2.31. The lowest BCUT2D eigenvalue weighted by Crippen LogP contribution is -2.08. The van der Waals surface area contributed by atoms with Crippen molar-refractivity contribution in [2.75, 3.05) is 5.32 Å². The van der Waals surface area contributed by atoms with Gasteiger partial charge in [-0.25, -0.2) is 0 Å². The summed E-state index contributed by atoms with van der Waals surface area (Å²) in [5.74, 6) is 0.0549. The molecule has 0 spiro atoms. The summed E-state index contributed by atoms with van der Waals surface area (Å²) in [6.07, 6.45) is -0.787. The molecule has 0 saturated heterocycles. The first kappa shape index (κ1) is 18.8. The lowest BCUT2D eigenvalue weighted by atomic mass is 9.99. The molecule has 0 aliphatic carbocycles. The molecule has 0 aromatic heterocycles. The molecule has 0 aliphatic heterocycles. The Bertz CT molecular complexity index is 748. The summed E-state index contributed by atoms with van der Waals surface area (Å²) in [6.45, 7) is 4.24. The van der Waals surface area contributed by atoms with Crippen LogP contribution in [0.1, 0.15) is 42.9 Å². The molecule has 0 saturated carbocycles. The van der Waals surface area contributed by atoms with Gasteiger partial charge in [0.25, 0.3) is 0 Å². The van der Waals surface area contributed by atoms with Gasteiger partial charge < -0.3 is 5.32 Å². The molecule has 0 heterocycles. The zero-order valence-electron chi connectivity index (χ0n) is 14.1. The number of nitrogens with one attached hydrogen (secondary N) is 1. The molecule has 2 aromatic carbocycles. The molecule has 2 aromatic rings. The van der Waals surface area contributed by atoms with Gasteiger partial charge in [-0.15, -0.1) is 0 Å². The predicted octanol–water partition coefficient (Wildman–Crippen LogP) is 5.87. The Balaban J connectivity index is 2.01. The van der Waals surface area contributed by atoms with Crippen LogP contribution in [0.5, 0.6) is 0 Å². The molecule has 0 unspecified atom stereocenters. The van der Waals surface area contributed by atoms with E-state index in [1.165, 1.54) is 29.8 Å². The molecule has 5 heteroatoms. The fourth-order valence-corrected chi connectivity index (χ4v) is 2.31. The van der Waals surface area contributed by atoms with Crippen LogP contribution in [-0.2, 0) is 11.0 Å². The summed E-state index contributed by atoms with van der Waals surface area (Å²) in [4.78, 5) is 11.9. The SMILES string of the molecule is CC[C@@H](C)c1ccc(NC(=O)/C=C/c2cccc(C(F)(F)F)c2)cc1. The summed E-state index contributed by atoms with van der Waals surface area (Å²) < 4.78 is 38.0.